The van der Waals surface area contributed by atoms with Crippen LogP contribution in [0, 0.1) is 6.92 Å². The molecule has 0 radical (unpaired) electrons. The average molecular weight is 443 g/mol. The first-order valence-corrected chi connectivity index (χ1v) is 10.4. The summed E-state index contributed by atoms with van der Waals surface area (Å²) in [5, 5.41) is 25.3. The topological polar surface area (TPSA) is 125 Å². The zero-order valence-corrected chi connectivity index (χ0v) is 18.6. The second-order valence-electron chi connectivity index (χ2n) is 7.64. The van der Waals surface area contributed by atoms with Crippen LogP contribution in [0.5, 0.6) is 5.75 Å². The number of aromatic hydroxyl groups is 1. The molecule has 0 bridgehead atoms. The molecule has 0 saturated heterocycles. The van der Waals surface area contributed by atoms with E-state index in [-0.39, 0.29) is 23.5 Å². The lowest BCUT2D eigenvalue weighted by Gasteiger charge is -2.20. The first kappa shape index (κ1) is 24.9. The Labute approximate surface area is 187 Å². The molecule has 8 heteroatoms. The summed E-state index contributed by atoms with van der Waals surface area (Å²) in [7, 11) is 1.28. The smallest absolute Gasteiger partial charge is 0.327 e. The van der Waals surface area contributed by atoms with Crippen LogP contribution in [0.1, 0.15) is 41.3 Å². The van der Waals surface area contributed by atoms with E-state index >= 15 is 0 Å². The van der Waals surface area contributed by atoms with Gasteiger partial charge in [-0.3, -0.25) is 9.59 Å². The highest BCUT2D eigenvalue weighted by Crippen LogP contribution is 2.21. The normalized spacial score (nSPS) is 12.6. The zero-order valence-electron chi connectivity index (χ0n) is 18.6. The average Bonchev–Trinajstić information content (AvgIpc) is 2.76. The number of carboxylic acids is 1. The molecule has 0 heterocycles. The molecule has 0 aromatic heterocycles. The van der Waals surface area contributed by atoms with Crippen LogP contribution in [0.15, 0.2) is 42.5 Å². The SMILES string of the molecule is COC(=O)C(C)Nc1ccccc1C(=O)[C@H](CC(=O)O)NCCCc1ccc(C)cc1O. The number of ketones is 1. The van der Waals surface area contributed by atoms with Crippen LogP contribution in [0.2, 0.25) is 0 Å². The highest BCUT2D eigenvalue weighted by Gasteiger charge is 2.25. The predicted molar refractivity (Wildman–Crippen MR) is 121 cm³/mol. The molecule has 1 unspecified atom stereocenters. The van der Waals surface area contributed by atoms with Crippen LogP contribution in [-0.4, -0.2) is 53.7 Å². The number of para-hydroxylation sites is 1. The summed E-state index contributed by atoms with van der Waals surface area (Å²) in [4.78, 5) is 36.3. The van der Waals surface area contributed by atoms with Gasteiger partial charge in [-0.15, -0.1) is 0 Å². The molecule has 8 nitrogen and oxygen atoms in total. The van der Waals surface area contributed by atoms with Crippen molar-refractivity contribution in [1.29, 1.82) is 0 Å². The molecule has 32 heavy (non-hydrogen) atoms. The maximum absolute atomic E-state index is 13.2. The number of hydrogen-bond donors (Lipinski definition) is 4. The number of phenolic OH excluding ortho intramolecular Hbond substituents is 1. The van der Waals surface area contributed by atoms with E-state index in [1.54, 1.807) is 37.3 Å². The summed E-state index contributed by atoms with van der Waals surface area (Å²) in [6.07, 6.45) is 0.816. The van der Waals surface area contributed by atoms with Gasteiger partial charge in [0.1, 0.15) is 11.8 Å². The highest BCUT2D eigenvalue weighted by molar-refractivity contribution is 6.06. The molecule has 2 atom stereocenters. The number of hydrogen-bond acceptors (Lipinski definition) is 7. The first-order valence-electron chi connectivity index (χ1n) is 10.4. The Morgan fingerprint density at radius 3 is 2.50 bits per heavy atom. The van der Waals surface area contributed by atoms with Crippen LogP contribution in [0.4, 0.5) is 5.69 Å². The molecule has 2 aromatic carbocycles. The van der Waals surface area contributed by atoms with Crippen molar-refractivity contribution >= 4 is 23.4 Å². The molecular weight excluding hydrogens is 412 g/mol. The maximum atomic E-state index is 13.2. The number of carboxylic acid groups (broad SMARTS) is 1. The second kappa shape index (κ2) is 11.9. The van der Waals surface area contributed by atoms with Gasteiger partial charge in [-0.25, -0.2) is 4.79 Å². The lowest BCUT2D eigenvalue weighted by Crippen LogP contribution is -2.40. The molecule has 0 aliphatic rings. The number of carbonyl (C=O) groups excluding carboxylic acids is 2. The van der Waals surface area contributed by atoms with Gasteiger partial charge in [0.05, 0.1) is 19.6 Å². The largest absolute Gasteiger partial charge is 0.508 e. The number of ether oxygens (including phenoxy) is 1. The van der Waals surface area contributed by atoms with Gasteiger partial charge in [-0.1, -0.05) is 24.3 Å². The Morgan fingerprint density at radius 2 is 1.84 bits per heavy atom. The lowest BCUT2D eigenvalue weighted by atomic mass is 9.99. The molecule has 2 rings (SSSR count). The molecule has 4 N–H and O–H groups in total. The number of Topliss-reactive ketones (excluding diaryl/α,β-unsaturated/α-hetero) is 1. The number of anilines is 1. The Hall–Kier alpha value is -3.39. The molecular formula is C24H30N2O6. The molecule has 0 fully saturated rings. The van der Waals surface area contributed by atoms with Crippen LogP contribution < -0.4 is 10.6 Å². The Kier molecular flexibility index (Phi) is 9.22. The van der Waals surface area contributed by atoms with Crippen molar-refractivity contribution in [3.63, 3.8) is 0 Å². The van der Waals surface area contributed by atoms with Crippen molar-refractivity contribution in [3.05, 3.63) is 59.2 Å². The number of nitrogens with one attached hydrogen (secondary N) is 2. The monoisotopic (exact) mass is 442 g/mol. The minimum atomic E-state index is -1.10. The van der Waals surface area contributed by atoms with Crippen LogP contribution in [0.25, 0.3) is 0 Å². The molecule has 0 amide bonds. The van der Waals surface area contributed by atoms with Gasteiger partial charge in [0.2, 0.25) is 0 Å². The second-order valence-corrected chi connectivity index (χ2v) is 7.64. The summed E-state index contributed by atoms with van der Waals surface area (Å²) in [5.74, 6) is -1.74. The fourth-order valence-corrected chi connectivity index (χ4v) is 3.35. The number of aliphatic carboxylic acids is 1. The lowest BCUT2D eigenvalue weighted by molar-refractivity contribution is -0.141. The summed E-state index contributed by atoms with van der Waals surface area (Å²) in [5.41, 5.74) is 2.48. The van der Waals surface area contributed by atoms with Crippen LogP contribution in [-0.2, 0) is 20.7 Å². The van der Waals surface area contributed by atoms with Crippen molar-refractivity contribution in [2.75, 3.05) is 19.0 Å². The minimum absolute atomic E-state index is 0.225. The van der Waals surface area contributed by atoms with Gasteiger partial charge in [0, 0.05) is 11.3 Å². The number of methoxy groups -OCH3 is 1. The van der Waals surface area contributed by atoms with E-state index < -0.39 is 24.0 Å². The quantitative estimate of drug-likeness (QED) is 0.225. The van der Waals surface area contributed by atoms with E-state index in [1.807, 2.05) is 19.1 Å². The number of phenols is 1. The maximum Gasteiger partial charge on any atom is 0.327 e. The van der Waals surface area contributed by atoms with Gasteiger partial charge in [0.15, 0.2) is 5.78 Å². The zero-order chi connectivity index (χ0) is 23.7. The Balaban J connectivity index is 2.08. The van der Waals surface area contributed by atoms with Gasteiger partial charge < -0.3 is 25.6 Å². The van der Waals surface area contributed by atoms with Crippen molar-refractivity contribution in [2.45, 2.75) is 45.2 Å². The van der Waals surface area contributed by atoms with Crippen LogP contribution >= 0.6 is 0 Å². The van der Waals surface area contributed by atoms with E-state index in [9.17, 15) is 24.6 Å². The number of carbonyl (C=O) groups is 3. The van der Waals surface area contributed by atoms with Crippen LogP contribution in [0.3, 0.4) is 0 Å². The molecule has 172 valence electrons. The fourth-order valence-electron chi connectivity index (χ4n) is 3.35. The van der Waals surface area contributed by atoms with E-state index in [0.29, 0.717) is 25.1 Å². The van der Waals surface area contributed by atoms with Crippen molar-refractivity contribution in [1.82, 2.24) is 5.32 Å². The molecule has 0 aliphatic heterocycles. The number of esters is 1. The summed E-state index contributed by atoms with van der Waals surface area (Å²) < 4.78 is 4.71. The Morgan fingerprint density at radius 1 is 1.12 bits per heavy atom. The third kappa shape index (κ3) is 7.09. The summed E-state index contributed by atoms with van der Waals surface area (Å²) >= 11 is 0. The first-order chi connectivity index (χ1) is 15.2. The van der Waals surface area contributed by atoms with E-state index in [4.69, 9.17) is 4.74 Å². The Bertz CT molecular complexity index is 959. The fraction of sp³-hybridized carbons (Fsp3) is 0.375. The van der Waals surface area contributed by atoms with Crippen molar-refractivity contribution in [3.8, 4) is 5.75 Å². The molecule has 0 aliphatic carbocycles. The molecule has 2 aromatic rings. The standard InChI is InChI=1S/C24H30N2O6/c1-15-10-11-17(21(27)13-15)7-6-12-25-20(14-22(28)29)23(30)18-8-4-5-9-19(18)26-16(2)24(31)32-3/h4-5,8-11,13,16,20,25-27H,6-7,12,14H2,1-3H3,(H,28,29)/t16?,20-/m0/s1. The third-order valence-electron chi connectivity index (χ3n) is 5.07. The van der Waals surface area contributed by atoms with Gasteiger partial charge in [-0.2, -0.15) is 0 Å². The van der Waals surface area contributed by atoms with E-state index in [1.165, 1.54) is 7.11 Å². The minimum Gasteiger partial charge on any atom is -0.508 e. The molecule has 0 saturated carbocycles. The van der Waals surface area contributed by atoms with E-state index in [0.717, 1.165) is 11.1 Å². The van der Waals surface area contributed by atoms with Gasteiger partial charge >= 0.3 is 11.9 Å². The predicted octanol–water partition coefficient (Wildman–Crippen LogP) is 2.92. The summed E-state index contributed by atoms with van der Waals surface area (Å²) in [6.45, 7) is 3.90. The third-order valence-corrected chi connectivity index (χ3v) is 5.07. The highest BCUT2D eigenvalue weighted by atomic mass is 16.5. The van der Waals surface area contributed by atoms with E-state index in [2.05, 4.69) is 10.6 Å². The van der Waals surface area contributed by atoms with Crippen molar-refractivity contribution < 1.29 is 29.3 Å². The number of aryl methyl sites for hydroxylation is 2. The number of rotatable bonds is 12. The van der Waals surface area contributed by atoms with Gasteiger partial charge in [-0.05, 0) is 62.6 Å². The van der Waals surface area contributed by atoms with Gasteiger partial charge in [0.25, 0.3) is 0 Å². The number of benzene rings is 2. The summed E-state index contributed by atoms with van der Waals surface area (Å²) in [6, 6.07) is 10.5. The van der Waals surface area contributed by atoms with Crippen molar-refractivity contribution in [2.24, 2.45) is 0 Å². The molecule has 0 spiro atoms.